The fourth-order valence-electron chi connectivity index (χ4n) is 2.44. The van der Waals surface area contributed by atoms with Gasteiger partial charge in [0.15, 0.2) is 0 Å². The molecule has 126 valence electrons. The zero-order valence-electron chi connectivity index (χ0n) is 13.3. The van der Waals surface area contributed by atoms with Gasteiger partial charge in [0, 0.05) is 23.5 Å². The van der Waals surface area contributed by atoms with Gasteiger partial charge in [-0.15, -0.1) is 0 Å². The summed E-state index contributed by atoms with van der Waals surface area (Å²) in [7, 11) is 2.90. The minimum atomic E-state index is -0.417. The normalized spacial score (nSPS) is 15.3. The number of benzene rings is 1. The van der Waals surface area contributed by atoms with Crippen molar-refractivity contribution in [1.82, 2.24) is 5.06 Å². The Morgan fingerprint density at radius 2 is 2.00 bits per heavy atom. The Bertz CT molecular complexity index is 576. The first-order valence-electron chi connectivity index (χ1n) is 7.60. The molecule has 0 saturated heterocycles. The zero-order valence-corrected chi connectivity index (χ0v) is 14.9. The van der Waals surface area contributed by atoms with Crippen molar-refractivity contribution in [2.24, 2.45) is 0 Å². The van der Waals surface area contributed by atoms with Crippen molar-refractivity contribution < 1.29 is 14.4 Å². The van der Waals surface area contributed by atoms with Crippen molar-refractivity contribution in [3.8, 4) is 0 Å². The van der Waals surface area contributed by atoms with E-state index in [1.54, 1.807) is 18.2 Å². The first-order valence-corrected chi connectivity index (χ1v) is 8.86. The van der Waals surface area contributed by atoms with Crippen LogP contribution in [0.15, 0.2) is 18.2 Å². The third kappa shape index (κ3) is 5.12. The van der Waals surface area contributed by atoms with E-state index in [0.29, 0.717) is 21.5 Å². The van der Waals surface area contributed by atoms with Gasteiger partial charge in [-0.25, -0.2) is 9.86 Å². The van der Waals surface area contributed by atoms with Crippen LogP contribution >= 0.6 is 23.4 Å². The lowest BCUT2D eigenvalue weighted by molar-refractivity contribution is -0.0598. The van der Waals surface area contributed by atoms with Gasteiger partial charge in [-0.05, 0) is 31.0 Å². The van der Waals surface area contributed by atoms with Gasteiger partial charge in [0.1, 0.15) is 0 Å². The molecule has 23 heavy (non-hydrogen) atoms. The van der Waals surface area contributed by atoms with E-state index in [2.05, 4.69) is 5.32 Å². The van der Waals surface area contributed by atoms with Crippen LogP contribution in [-0.4, -0.2) is 35.6 Å². The van der Waals surface area contributed by atoms with Crippen molar-refractivity contribution in [2.75, 3.05) is 19.5 Å². The molecule has 1 aliphatic carbocycles. The summed E-state index contributed by atoms with van der Waals surface area (Å²) >= 11 is 7.59. The van der Waals surface area contributed by atoms with Crippen LogP contribution in [0, 0.1) is 0 Å². The highest BCUT2D eigenvalue weighted by Crippen LogP contribution is 2.32. The first-order chi connectivity index (χ1) is 11.0. The lowest BCUT2D eigenvalue weighted by atomic mass is 10.0. The molecule has 1 aliphatic rings. The molecule has 5 nitrogen and oxygen atoms in total. The predicted molar refractivity (Wildman–Crippen MR) is 94.0 cm³/mol. The van der Waals surface area contributed by atoms with Crippen molar-refractivity contribution in [3.05, 3.63) is 28.8 Å². The number of nitrogens with one attached hydrogen (secondary N) is 1. The summed E-state index contributed by atoms with van der Waals surface area (Å²) in [6.45, 7) is 0. The number of hydrogen-bond acceptors (Lipinski definition) is 4. The molecule has 0 spiro atoms. The number of nitrogens with zero attached hydrogens (tertiary/aromatic N) is 1. The molecule has 7 heteroatoms. The van der Waals surface area contributed by atoms with E-state index in [0.717, 1.165) is 17.9 Å². The van der Waals surface area contributed by atoms with Gasteiger partial charge in [-0.1, -0.05) is 42.6 Å². The van der Waals surface area contributed by atoms with Crippen molar-refractivity contribution in [1.29, 1.82) is 0 Å². The van der Waals surface area contributed by atoms with E-state index in [9.17, 15) is 9.59 Å². The Morgan fingerprint density at radius 1 is 1.30 bits per heavy atom. The summed E-state index contributed by atoms with van der Waals surface area (Å²) in [6, 6.07) is 4.49. The standard InChI is InChI=1S/C16H21ClN2O3S/c1-19(22-2)16(21)18-11-8-9-13(14(17)10-11)15(20)23-12-6-4-3-5-7-12/h8-10,12H,3-7H2,1-2H3,(H,18,21). The van der Waals surface area contributed by atoms with E-state index in [1.807, 2.05) is 0 Å². The molecule has 2 rings (SSSR count). The highest BCUT2D eigenvalue weighted by Gasteiger charge is 2.20. The second kappa shape index (κ2) is 8.57. The molecule has 0 atom stereocenters. The first kappa shape index (κ1) is 18.1. The van der Waals surface area contributed by atoms with Crippen LogP contribution in [0.2, 0.25) is 5.02 Å². The maximum absolute atomic E-state index is 12.4. The number of rotatable bonds is 4. The number of halogens is 1. The number of anilines is 1. The molecular weight excluding hydrogens is 336 g/mol. The van der Waals surface area contributed by atoms with Gasteiger partial charge in [0.05, 0.1) is 12.1 Å². The molecule has 1 N–H and O–H groups in total. The zero-order chi connectivity index (χ0) is 16.8. The summed E-state index contributed by atoms with van der Waals surface area (Å²) < 4.78 is 0. The van der Waals surface area contributed by atoms with E-state index >= 15 is 0 Å². The van der Waals surface area contributed by atoms with E-state index in [-0.39, 0.29) is 5.12 Å². The van der Waals surface area contributed by atoms with Gasteiger partial charge < -0.3 is 5.32 Å². The molecule has 0 aromatic heterocycles. The Hall–Kier alpha value is -1.24. The summed E-state index contributed by atoms with van der Waals surface area (Å²) in [5.74, 6) is 0. The summed E-state index contributed by atoms with van der Waals surface area (Å²) in [4.78, 5) is 28.9. The van der Waals surface area contributed by atoms with Crippen LogP contribution in [0.3, 0.4) is 0 Å². The Labute approximate surface area is 145 Å². The minimum absolute atomic E-state index is 0.00575. The quantitative estimate of drug-likeness (QED) is 0.803. The molecule has 0 bridgehead atoms. The maximum Gasteiger partial charge on any atom is 0.345 e. The molecule has 1 fully saturated rings. The number of carbonyl (C=O) groups excluding carboxylic acids is 2. The molecule has 1 aromatic carbocycles. The number of carbonyl (C=O) groups is 2. The predicted octanol–water partition coefficient (Wildman–Crippen LogP) is 4.57. The molecule has 1 saturated carbocycles. The van der Waals surface area contributed by atoms with Gasteiger partial charge >= 0.3 is 6.03 Å². The van der Waals surface area contributed by atoms with Crippen LogP contribution in [0.25, 0.3) is 0 Å². The average molecular weight is 357 g/mol. The number of hydroxylamine groups is 2. The van der Waals surface area contributed by atoms with Crippen LogP contribution in [0.4, 0.5) is 10.5 Å². The maximum atomic E-state index is 12.4. The number of hydrogen-bond donors (Lipinski definition) is 1. The molecule has 0 unspecified atom stereocenters. The molecule has 0 heterocycles. The van der Waals surface area contributed by atoms with E-state index in [4.69, 9.17) is 16.4 Å². The number of urea groups is 1. The smallest absolute Gasteiger partial charge is 0.306 e. The molecule has 0 radical (unpaired) electrons. The Balaban J connectivity index is 2.00. The largest absolute Gasteiger partial charge is 0.345 e. The van der Waals surface area contributed by atoms with Gasteiger partial charge in [-0.2, -0.15) is 0 Å². The third-order valence-electron chi connectivity index (χ3n) is 3.83. The molecule has 1 aromatic rings. The average Bonchev–Trinajstić information content (AvgIpc) is 2.54. The number of thioether (sulfide) groups is 1. The Morgan fingerprint density at radius 3 is 2.61 bits per heavy atom. The van der Waals surface area contributed by atoms with Gasteiger partial charge in [0.25, 0.3) is 0 Å². The molecule has 2 amide bonds. The van der Waals surface area contributed by atoms with Crippen molar-refractivity contribution in [3.63, 3.8) is 0 Å². The van der Waals surface area contributed by atoms with E-state index in [1.165, 1.54) is 45.2 Å². The lowest BCUT2D eigenvalue weighted by Gasteiger charge is -2.20. The second-order valence-corrected chi connectivity index (χ2v) is 7.15. The van der Waals surface area contributed by atoms with Crippen LogP contribution in [-0.2, 0) is 4.84 Å². The fraction of sp³-hybridized carbons (Fsp3) is 0.500. The summed E-state index contributed by atoms with van der Waals surface area (Å²) in [6.07, 6.45) is 5.82. The van der Waals surface area contributed by atoms with Crippen molar-refractivity contribution in [2.45, 2.75) is 37.4 Å². The van der Waals surface area contributed by atoms with Crippen LogP contribution < -0.4 is 5.32 Å². The highest BCUT2D eigenvalue weighted by molar-refractivity contribution is 8.14. The van der Waals surface area contributed by atoms with Gasteiger partial charge in [0.2, 0.25) is 5.12 Å². The summed E-state index contributed by atoms with van der Waals surface area (Å²) in [5.41, 5.74) is 1.00. The van der Waals surface area contributed by atoms with Gasteiger partial charge in [-0.3, -0.25) is 9.63 Å². The monoisotopic (exact) mass is 356 g/mol. The lowest BCUT2D eigenvalue weighted by Crippen LogP contribution is -2.30. The highest BCUT2D eigenvalue weighted by atomic mass is 35.5. The van der Waals surface area contributed by atoms with E-state index < -0.39 is 6.03 Å². The topological polar surface area (TPSA) is 58.6 Å². The molecule has 0 aliphatic heterocycles. The fourth-order valence-corrected chi connectivity index (χ4v) is 3.94. The second-order valence-electron chi connectivity index (χ2n) is 5.47. The van der Waals surface area contributed by atoms with Crippen LogP contribution in [0.1, 0.15) is 42.5 Å². The van der Waals surface area contributed by atoms with Crippen LogP contribution in [0.5, 0.6) is 0 Å². The Kier molecular flexibility index (Phi) is 6.74. The SMILES string of the molecule is CON(C)C(=O)Nc1ccc(C(=O)SC2CCCCC2)c(Cl)c1. The number of amides is 2. The minimum Gasteiger partial charge on any atom is -0.306 e. The van der Waals surface area contributed by atoms with Crippen molar-refractivity contribution >= 4 is 40.2 Å². The third-order valence-corrected chi connectivity index (χ3v) is 5.38. The molecular formula is C16H21ClN2O3S. The summed E-state index contributed by atoms with van der Waals surface area (Å²) in [5, 5.41) is 4.43.